The monoisotopic (exact) mass is 418 g/mol. The molecule has 0 aliphatic heterocycles. The van der Waals surface area contributed by atoms with E-state index < -0.39 is 0 Å². The van der Waals surface area contributed by atoms with E-state index >= 15 is 0 Å². The maximum Gasteiger partial charge on any atom is 0.190 e. The van der Waals surface area contributed by atoms with E-state index in [1.165, 1.54) is 12.8 Å². The van der Waals surface area contributed by atoms with Gasteiger partial charge in [0.05, 0.1) is 0 Å². The molecule has 0 radical (unpaired) electrons. The van der Waals surface area contributed by atoms with Crippen molar-refractivity contribution in [2.45, 2.75) is 25.7 Å². The van der Waals surface area contributed by atoms with E-state index in [4.69, 9.17) is 4.74 Å². The number of aliphatic imine (C=N–C) groups is 1. The normalized spacial score (nSPS) is 14.3. The van der Waals surface area contributed by atoms with E-state index in [0.29, 0.717) is 0 Å². The van der Waals surface area contributed by atoms with Crippen LogP contribution in [-0.4, -0.2) is 44.3 Å². The maximum atomic E-state index is 5.60. The summed E-state index contributed by atoms with van der Waals surface area (Å²) in [5.74, 6) is 1.69. The molecule has 0 spiro atoms. The number of nitrogens with zero attached hydrogens (tertiary/aromatic N) is 2. The Morgan fingerprint density at radius 1 is 1.32 bits per heavy atom. The van der Waals surface area contributed by atoms with Crippen LogP contribution in [0.4, 0.5) is 0 Å². The summed E-state index contributed by atoms with van der Waals surface area (Å²) >= 11 is 0. The molecule has 1 fully saturated rings. The largest absolute Gasteiger partial charge is 0.381 e. The van der Waals surface area contributed by atoms with Crippen LogP contribution in [0.1, 0.15) is 25.0 Å². The minimum absolute atomic E-state index is 0. The Kier molecular flexibility index (Phi) is 10.1. The molecule has 22 heavy (non-hydrogen) atoms. The minimum Gasteiger partial charge on any atom is -0.381 e. The summed E-state index contributed by atoms with van der Waals surface area (Å²) in [4.78, 5) is 8.51. The van der Waals surface area contributed by atoms with Gasteiger partial charge in [0.2, 0.25) is 0 Å². The van der Waals surface area contributed by atoms with Crippen molar-refractivity contribution in [2.24, 2.45) is 10.9 Å². The van der Waals surface area contributed by atoms with Crippen molar-refractivity contribution in [3.8, 4) is 0 Å². The summed E-state index contributed by atoms with van der Waals surface area (Å²) in [6.07, 6.45) is 6.43. The fourth-order valence-corrected chi connectivity index (χ4v) is 1.99. The molecular formula is C16H27IN4O. The van der Waals surface area contributed by atoms with Gasteiger partial charge in [0.25, 0.3) is 0 Å². The number of nitrogens with one attached hydrogen (secondary N) is 2. The lowest BCUT2D eigenvalue weighted by molar-refractivity contribution is 0.123. The highest BCUT2D eigenvalue weighted by Crippen LogP contribution is 2.28. The molecule has 1 saturated carbocycles. The van der Waals surface area contributed by atoms with Crippen LogP contribution in [0.5, 0.6) is 0 Å². The Hall–Kier alpha value is -0.890. The van der Waals surface area contributed by atoms with Gasteiger partial charge in [0.15, 0.2) is 5.96 Å². The molecule has 0 atom stereocenters. The van der Waals surface area contributed by atoms with Crippen LogP contribution < -0.4 is 10.6 Å². The van der Waals surface area contributed by atoms with Crippen molar-refractivity contribution in [1.82, 2.24) is 15.6 Å². The van der Waals surface area contributed by atoms with Crippen molar-refractivity contribution in [2.75, 3.05) is 33.4 Å². The van der Waals surface area contributed by atoms with Gasteiger partial charge in [-0.05, 0) is 37.3 Å². The van der Waals surface area contributed by atoms with Gasteiger partial charge in [0, 0.05) is 51.7 Å². The van der Waals surface area contributed by atoms with Crippen molar-refractivity contribution < 1.29 is 4.74 Å². The van der Waals surface area contributed by atoms with Crippen molar-refractivity contribution in [3.05, 3.63) is 30.1 Å². The Bertz CT molecular complexity index is 423. The highest BCUT2D eigenvalue weighted by molar-refractivity contribution is 14.0. The lowest BCUT2D eigenvalue weighted by Crippen LogP contribution is -2.39. The zero-order valence-electron chi connectivity index (χ0n) is 13.3. The third kappa shape index (κ3) is 8.53. The summed E-state index contributed by atoms with van der Waals surface area (Å²) in [6.45, 7) is 3.48. The fraction of sp³-hybridized carbons (Fsp3) is 0.625. The summed E-state index contributed by atoms with van der Waals surface area (Å²) in [5, 5.41) is 6.59. The summed E-state index contributed by atoms with van der Waals surface area (Å²) in [7, 11) is 1.79. The predicted molar refractivity (Wildman–Crippen MR) is 101 cm³/mol. The standard InChI is InChI=1S/C16H26N4O.HI/c1-17-16(19-10-4-12-21-13-14-6-7-14)20-11-8-15-5-2-3-9-18-15;/h2-3,5,9,14H,4,6-8,10-13H2,1H3,(H2,17,19,20);1H. The second-order valence-corrected chi connectivity index (χ2v) is 5.37. The zero-order chi connectivity index (χ0) is 14.8. The van der Waals surface area contributed by atoms with Crippen LogP contribution >= 0.6 is 24.0 Å². The summed E-state index contributed by atoms with van der Waals surface area (Å²) in [5.41, 5.74) is 1.09. The smallest absolute Gasteiger partial charge is 0.190 e. The van der Waals surface area contributed by atoms with Gasteiger partial charge in [0.1, 0.15) is 0 Å². The number of aromatic nitrogens is 1. The van der Waals surface area contributed by atoms with Gasteiger partial charge in [-0.1, -0.05) is 6.07 Å². The van der Waals surface area contributed by atoms with Crippen molar-refractivity contribution >= 4 is 29.9 Å². The Morgan fingerprint density at radius 2 is 2.14 bits per heavy atom. The first-order valence-electron chi connectivity index (χ1n) is 7.80. The average Bonchev–Trinajstić information content (AvgIpc) is 3.34. The van der Waals surface area contributed by atoms with Crippen LogP contribution in [-0.2, 0) is 11.2 Å². The van der Waals surface area contributed by atoms with Crippen LogP contribution in [0.2, 0.25) is 0 Å². The minimum atomic E-state index is 0. The number of hydrogen-bond donors (Lipinski definition) is 2. The van der Waals surface area contributed by atoms with Crippen LogP contribution in [0, 0.1) is 5.92 Å². The maximum absolute atomic E-state index is 5.60. The molecule has 124 valence electrons. The molecular weight excluding hydrogens is 391 g/mol. The predicted octanol–water partition coefficient (Wildman–Crippen LogP) is 2.22. The molecule has 6 heteroatoms. The molecule has 0 aromatic carbocycles. The second kappa shape index (κ2) is 11.6. The Morgan fingerprint density at radius 3 is 2.82 bits per heavy atom. The first-order chi connectivity index (χ1) is 10.4. The van der Waals surface area contributed by atoms with Crippen LogP contribution in [0.3, 0.4) is 0 Å². The molecule has 1 aromatic rings. The molecule has 0 unspecified atom stereocenters. The highest BCUT2D eigenvalue weighted by Gasteiger charge is 2.20. The van der Waals surface area contributed by atoms with Crippen molar-refractivity contribution in [1.29, 1.82) is 0 Å². The van der Waals surface area contributed by atoms with Gasteiger partial charge in [-0.3, -0.25) is 9.98 Å². The van der Waals surface area contributed by atoms with E-state index in [2.05, 4.69) is 20.6 Å². The first kappa shape index (κ1) is 19.2. The van der Waals surface area contributed by atoms with E-state index in [9.17, 15) is 0 Å². The van der Waals surface area contributed by atoms with Crippen molar-refractivity contribution in [3.63, 3.8) is 0 Å². The molecule has 1 aromatic heterocycles. The number of rotatable bonds is 9. The van der Waals surface area contributed by atoms with Gasteiger partial charge in [-0.2, -0.15) is 0 Å². The Balaban J connectivity index is 0.00000242. The molecule has 5 nitrogen and oxygen atoms in total. The van der Waals surface area contributed by atoms with Gasteiger partial charge >= 0.3 is 0 Å². The number of ether oxygens (including phenoxy) is 1. The molecule has 1 heterocycles. The number of halogens is 1. The first-order valence-corrected chi connectivity index (χ1v) is 7.80. The third-order valence-corrected chi connectivity index (χ3v) is 3.43. The topological polar surface area (TPSA) is 58.5 Å². The molecule has 0 amide bonds. The van der Waals surface area contributed by atoms with E-state index in [1.807, 2.05) is 24.4 Å². The summed E-state index contributed by atoms with van der Waals surface area (Å²) in [6, 6.07) is 5.98. The lowest BCUT2D eigenvalue weighted by atomic mass is 10.3. The number of hydrogen-bond acceptors (Lipinski definition) is 3. The lowest BCUT2D eigenvalue weighted by Gasteiger charge is -2.11. The van der Waals surface area contributed by atoms with E-state index in [0.717, 1.165) is 56.7 Å². The Labute approximate surface area is 150 Å². The van der Waals surface area contributed by atoms with Gasteiger partial charge in [-0.15, -0.1) is 24.0 Å². The molecule has 2 N–H and O–H groups in total. The molecule has 0 bridgehead atoms. The van der Waals surface area contributed by atoms with E-state index in [1.54, 1.807) is 7.05 Å². The van der Waals surface area contributed by atoms with Gasteiger partial charge < -0.3 is 15.4 Å². The summed E-state index contributed by atoms with van der Waals surface area (Å²) < 4.78 is 5.60. The SMILES string of the molecule is CN=C(NCCCOCC1CC1)NCCc1ccccn1.I. The fourth-order valence-electron chi connectivity index (χ4n) is 1.99. The second-order valence-electron chi connectivity index (χ2n) is 5.37. The third-order valence-electron chi connectivity index (χ3n) is 3.43. The van der Waals surface area contributed by atoms with Crippen LogP contribution in [0.15, 0.2) is 29.4 Å². The number of pyridine rings is 1. The quantitative estimate of drug-likeness (QED) is 0.280. The van der Waals surface area contributed by atoms with Crippen LogP contribution in [0.25, 0.3) is 0 Å². The average molecular weight is 418 g/mol. The molecule has 2 rings (SSSR count). The zero-order valence-corrected chi connectivity index (χ0v) is 15.6. The molecule has 1 aliphatic rings. The number of guanidine groups is 1. The molecule has 1 aliphatic carbocycles. The van der Waals surface area contributed by atoms with Gasteiger partial charge in [-0.25, -0.2) is 0 Å². The highest BCUT2D eigenvalue weighted by atomic mass is 127. The van der Waals surface area contributed by atoms with E-state index in [-0.39, 0.29) is 24.0 Å². The molecule has 0 saturated heterocycles.